The van der Waals surface area contributed by atoms with Gasteiger partial charge in [0.05, 0.1) is 6.61 Å². The molecule has 1 unspecified atom stereocenters. The van der Waals surface area contributed by atoms with E-state index in [1.54, 1.807) is 6.08 Å². The van der Waals surface area contributed by atoms with E-state index in [-0.39, 0.29) is 5.78 Å². The second-order valence-electron chi connectivity index (χ2n) is 3.42. The van der Waals surface area contributed by atoms with Gasteiger partial charge in [-0.2, -0.15) is 0 Å². The van der Waals surface area contributed by atoms with Crippen molar-refractivity contribution < 1.29 is 14.3 Å². The van der Waals surface area contributed by atoms with E-state index >= 15 is 0 Å². The summed E-state index contributed by atoms with van der Waals surface area (Å²) >= 11 is 0. The van der Waals surface area contributed by atoms with E-state index < -0.39 is 5.60 Å². The van der Waals surface area contributed by atoms with Crippen molar-refractivity contribution in [3.63, 3.8) is 0 Å². The average Bonchev–Trinajstić information content (AvgIpc) is 2.76. The Morgan fingerprint density at radius 3 is 2.92 bits per heavy atom. The van der Waals surface area contributed by atoms with Crippen LogP contribution in [0.4, 0.5) is 0 Å². The molecule has 0 N–H and O–H groups in total. The molecular formula is C10H8O3. The molecule has 1 fully saturated rings. The molecule has 0 bridgehead atoms. The van der Waals surface area contributed by atoms with E-state index in [0.717, 1.165) is 11.1 Å². The van der Waals surface area contributed by atoms with Crippen LogP contribution in [0.5, 0.6) is 0 Å². The van der Waals surface area contributed by atoms with Gasteiger partial charge >= 0.3 is 0 Å². The highest BCUT2D eigenvalue weighted by Crippen LogP contribution is 2.36. The summed E-state index contributed by atoms with van der Waals surface area (Å²) in [4.78, 5) is 11.3. The van der Waals surface area contributed by atoms with Crippen molar-refractivity contribution in [1.29, 1.82) is 0 Å². The first kappa shape index (κ1) is 7.24. The fraction of sp³-hybridized carbons (Fsp3) is 0.300. The van der Waals surface area contributed by atoms with E-state index in [9.17, 15) is 4.79 Å². The Morgan fingerprint density at radius 2 is 2.23 bits per heavy atom. The largest absolute Gasteiger partial charge is 0.352 e. The molecule has 13 heavy (non-hydrogen) atoms. The normalized spacial score (nSPS) is 35.5. The van der Waals surface area contributed by atoms with Gasteiger partial charge in [0.2, 0.25) is 0 Å². The standard InChI is InChI=1S/C10H8O3/c11-9-2-1-7-3-10(4-8(7)9)5-12-6-13-10/h1-4H,5-6H2. The molecule has 1 heterocycles. The molecule has 1 aliphatic heterocycles. The lowest BCUT2D eigenvalue weighted by atomic mass is 10.1. The number of hydrogen-bond donors (Lipinski definition) is 0. The molecule has 0 aromatic heterocycles. The van der Waals surface area contributed by atoms with Crippen molar-refractivity contribution in [3.8, 4) is 0 Å². The van der Waals surface area contributed by atoms with Crippen LogP contribution in [0.25, 0.3) is 0 Å². The van der Waals surface area contributed by atoms with Gasteiger partial charge in [0.1, 0.15) is 12.4 Å². The Balaban J connectivity index is 2.08. The van der Waals surface area contributed by atoms with Gasteiger partial charge < -0.3 is 9.47 Å². The number of carbonyl (C=O) groups excluding carboxylic acids is 1. The quantitative estimate of drug-likeness (QED) is 0.546. The molecule has 2 aliphatic carbocycles. The minimum absolute atomic E-state index is 0.0682. The zero-order valence-electron chi connectivity index (χ0n) is 6.95. The molecule has 3 rings (SSSR count). The van der Waals surface area contributed by atoms with Crippen molar-refractivity contribution in [2.75, 3.05) is 13.4 Å². The van der Waals surface area contributed by atoms with Gasteiger partial charge in [0.25, 0.3) is 0 Å². The zero-order valence-corrected chi connectivity index (χ0v) is 6.95. The minimum Gasteiger partial charge on any atom is -0.352 e. The molecule has 0 radical (unpaired) electrons. The summed E-state index contributed by atoms with van der Waals surface area (Å²) in [5, 5.41) is 0. The number of ether oxygens (including phenoxy) is 2. The van der Waals surface area contributed by atoms with Gasteiger partial charge in [-0.15, -0.1) is 0 Å². The Hall–Kier alpha value is -1.19. The highest BCUT2D eigenvalue weighted by Gasteiger charge is 2.39. The minimum atomic E-state index is -0.453. The molecule has 1 spiro atoms. The van der Waals surface area contributed by atoms with Gasteiger partial charge in [0.15, 0.2) is 5.78 Å². The van der Waals surface area contributed by atoms with Crippen molar-refractivity contribution >= 4 is 5.78 Å². The fourth-order valence-corrected chi connectivity index (χ4v) is 1.88. The number of rotatable bonds is 0. The summed E-state index contributed by atoms with van der Waals surface area (Å²) in [6, 6.07) is 0. The summed E-state index contributed by atoms with van der Waals surface area (Å²) in [5.74, 6) is 0.0682. The SMILES string of the molecule is O=C1C=CC2=CC3(C=C12)COCO3. The van der Waals surface area contributed by atoms with Crippen LogP contribution in [0.3, 0.4) is 0 Å². The van der Waals surface area contributed by atoms with Gasteiger partial charge in [-0.05, 0) is 23.8 Å². The Morgan fingerprint density at radius 1 is 1.31 bits per heavy atom. The third-order valence-corrected chi connectivity index (χ3v) is 2.52. The molecule has 3 nitrogen and oxygen atoms in total. The van der Waals surface area contributed by atoms with Crippen molar-refractivity contribution in [3.05, 3.63) is 35.5 Å². The molecule has 1 saturated heterocycles. The van der Waals surface area contributed by atoms with Crippen LogP contribution < -0.4 is 0 Å². The Labute approximate surface area is 75.3 Å². The third kappa shape index (κ3) is 0.884. The monoisotopic (exact) mass is 176 g/mol. The predicted molar refractivity (Wildman–Crippen MR) is 44.9 cm³/mol. The van der Waals surface area contributed by atoms with E-state index in [2.05, 4.69) is 0 Å². The lowest BCUT2D eigenvalue weighted by molar-refractivity contribution is -0.110. The van der Waals surface area contributed by atoms with Crippen LogP contribution in [0.2, 0.25) is 0 Å². The smallest absolute Gasteiger partial charge is 0.186 e. The Bertz CT molecular complexity index is 368. The summed E-state index contributed by atoms with van der Waals surface area (Å²) in [6.45, 7) is 0.826. The highest BCUT2D eigenvalue weighted by atomic mass is 16.7. The predicted octanol–water partition coefficient (Wildman–Crippen LogP) is 0.735. The molecule has 0 amide bonds. The summed E-state index contributed by atoms with van der Waals surface area (Å²) in [6.07, 6.45) is 7.22. The molecule has 66 valence electrons. The fourth-order valence-electron chi connectivity index (χ4n) is 1.88. The van der Waals surface area contributed by atoms with Crippen LogP contribution in [0, 0.1) is 0 Å². The number of ketones is 1. The lowest BCUT2D eigenvalue weighted by Gasteiger charge is -2.13. The molecule has 0 aromatic carbocycles. The van der Waals surface area contributed by atoms with Gasteiger partial charge in [-0.1, -0.05) is 6.08 Å². The maximum absolute atomic E-state index is 11.3. The van der Waals surface area contributed by atoms with Crippen molar-refractivity contribution in [1.82, 2.24) is 0 Å². The van der Waals surface area contributed by atoms with Crippen molar-refractivity contribution in [2.45, 2.75) is 5.60 Å². The number of allylic oxidation sites excluding steroid dienone is 4. The van der Waals surface area contributed by atoms with Crippen LogP contribution >= 0.6 is 0 Å². The first-order chi connectivity index (χ1) is 6.29. The van der Waals surface area contributed by atoms with Crippen LogP contribution in [-0.2, 0) is 14.3 Å². The highest BCUT2D eigenvalue weighted by molar-refractivity contribution is 6.12. The summed E-state index contributed by atoms with van der Waals surface area (Å²) < 4.78 is 10.6. The molecule has 0 saturated carbocycles. The first-order valence-corrected chi connectivity index (χ1v) is 4.19. The van der Waals surface area contributed by atoms with Crippen LogP contribution in [0.1, 0.15) is 0 Å². The first-order valence-electron chi connectivity index (χ1n) is 4.19. The lowest BCUT2D eigenvalue weighted by Crippen LogP contribution is -2.24. The molecule has 3 heteroatoms. The topological polar surface area (TPSA) is 35.5 Å². The number of carbonyl (C=O) groups is 1. The van der Waals surface area contributed by atoms with E-state index in [1.165, 1.54) is 0 Å². The van der Waals surface area contributed by atoms with Crippen LogP contribution in [-0.4, -0.2) is 24.8 Å². The average molecular weight is 176 g/mol. The molecule has 0 aromatic rings. The number of hydrogen-bond acceptors (Lipinski definition) is 3. The van der Waals surface area contributed by atoms with Crippen molar-refractivity contribution in [2.24, 2.45) is 0 Å². The van der Waals surface area contributed by atoms with Gasteiger partial charge in [0, 0.05) is 5.57 Å². The van der Waals surface area contributed by atoms with Gasteiger partial charge in [-0.3, -0.25) is 4.79 Å². The van der Waals surface area contributed by atoms with Crippen LogP contribution in [0.15, 0.2) is 35.5 Å². The molecule has 3 aliphatic rings. The second-order valence-corrected chi connectivity index (χ2v) is 3.42. The maximum atomic E-state index is 11.3. The maximum Gasteiger partial charge on any atom is 0.186 e. The number of fused-ring (bicyclic) bond motifs is 1. The van der Waals surface area contributed by atoms with Gasteiger partial charge in [-0.25, -0.2) is 0 Å². The molecular weight excluding hydrogens is 168 g/mol. The van der Waals surface area contributed by atoms with E-state index in [4.69, 9.17) is 9.47 Å². The third-order valence-electron chi connectivity index (χ3n) is 2.52. The summed E-state index contributed by atoms with van der Waals surface area (Å²) in [7, 11) is 0. The Kier molecular flexibility index (Phi) is 1.22. The second kappa shape index (κ2) is 2.19. The zero-order chi connectivity index (χ0) is 8.89. The summed E-state index contributed by atoms with van der Waals surface area (Å²) in [5.41, 5.74) is 1.27. The van der Waals surface area contributed by atoms with E-state index in [0.29, 0.717) is 13.4 Å². The van der Waals surface area contributed by atoms with E-state index in [1.807, 2.05) is 18.2 Å². The molecule has 1 atom stereocenters.